The zero-order valence-electron chi connectivity index (χ0n) is 13.3. The topological polar surface area (TPSA) is 20.3 Å². The van der Waals surface area contributed by atoms with Crippen LogP contribution in [0, 0.1) is 11.6 Å². The Balaban J connectivity index is 1.81. The fourth-order valence-corrected chi connectivity index (χ4v) is 4.13. The number of fused-ring (bicyclic) bond motifs is 1. The van der Waals surface area contributed by atoms with Crippen molar-refractivity contribution in [2.75, 3.05) is 0 Å². The van der Waals surface area contributed by atoms with Gasteiger partial charge in [0.1, 0.15) is 11.6 Å². The smallest absolute Gasteiger partial charge is 0.254 e. The molecule has 1 heterocycles. The largest absolute Gasteiger partial charge is 0.328 e. The number of nitrogens with zero attached hydrogens (tertiary/aromatic N) is 1. The van der Waals surface area contributed by atoms with Crippen LogP contribution in [0.3, 0.4) is 0 Å². The molecule has 0 radical (unpaired) electrons. The summed E-state index contributed by atoms with van der Waals surface area (Å²) >= 11 is 0. The van der Waals surface area contributed by atoms with Crippen molar-refractivity contribution in [3.63, 3.8) is 0 Å². The van der Waals surface area contributed by atoms with Gasteiger partial charge in [-0.15, -0.1) is 0 Å². The fourth-order valence-electron chi connectivity index (χ4n) is 4.13. The molecule has 0 N–H and O–H groups in total. The van der Waals surface area contributed by atoms with E-state index in [1.807, 2.05) is 29.2 Å². The van der Waals surface area contributed by atoms with Crippen molar-refractivity contribution in [3.05, 3.63) is 70.8 Å². The number of hydrogen-bond acceptors (Lipinski definition) is 1. The Bertz CT molecular complexity index is 783. The van der Waals surface area contributed by atoms with Crippen molar-refractivity contribution >= 4 is 5.91 Å². The van der Waals surface area contributed by atoms with Gasteiger partial charge < -0.3 is 4.90 Å². The first kappa shape index (κ1) is 15.3. The molecule has 2 nitrogen and oxygen atoms in total. The van der Waals surface area contributed by atoms with Gasteiger partial charge in [0.2, 0.25) is 0 Å². The number of hydrogen-bond donors (Lipinski definition) is 0. The van der Waals surface area contributed by atoms with E-state index in [0.29, 0.717) is 17.5 Å². The first-order valence-corrected chi connectivity index (χ1v) is 8.50. The van der Waals surface area contributed by atoms with Gasteiger partial charge in [0.05, 0.1) is 6.04 Å². The molecule has 0 bridgehead atoms. The fraction of sp³-hybridized carbons (Fsp3) is 0.350. The maximum absolute atomic E-state index is 14.4. The third kappa shape index (κ3) is 2.50. The summed E-state index contributed by atoms with van der Waals surface area (Å²) in [5, 5.41) is 0. The zero-order valence-corrected chi connectivity index (χ0v) is 13.3. The Hall–Kier alpha value is -2.23. The second-order valence-electron chi connectivity index (χ2n) is 6.69. The summed E-state index contributed by atoms with van der Waals surface area (Å²) in [7, 11) is 0. The summed E-state index contributed by atoms with van der Waals surface area (Å²) in [4.78, 5) is 14.9. The SMILES string of the molecule is O=C1c2ccccc2CC(c2ccc(F)cc2F)N1C1CCCC1. The number of amides is 1. The lowest BCUT2D eigenvalue weighted by molar-refractivity contribution is 0.0534. The lowest BCUT2D eigenvalue weighted by atomic mass is 9.87. The minimum absolute atomic E-state index is 0.0301. The molecular formula is C20H19F2NO. The van der Waals surface area contributed by atoms with Gasteiger partial charge in [0.15, 0.2) is 0 Å². The summed E-state index contributed by atoms with van der Waals surface area (Å²) < 4.78 is 27.7. The second-order valence-corrected chi connectivity index (χ2v) is 6.69. The molecule has 24 heavy (non-hydrogen) atoms. The number of carbonyl (C=O) groups is 1. The van der Waals surface area contributed by atoms with E-state index >= 15 is 0 Å². The molecule has 1 fully saturated rings. The Kier molecular flexibility index (Phi) is 3.83. The van der Waals surface area contributed by atoms with Gasteiger partial charge >= 0.3 is 0 Å². The van der Waals surface area contributed by atoms with Crippen molar-refractivity contribution in [2.45, 2.75) is 44.2 Å². The van der Waals surface area contributed by atoms with E-state index < -0.39 is 11.6 Å². The van der Waals surface area contributed by atoms with Gasteiger partial charge in [0.25, 0.3) is 5.91 Å². The predicted octanol–water partition coefficient (Wildman–Crippen LogP) is 4.65. The van der Waals surface area contributed by atoms with Crippen LogP contribution in [0.1, 0.15) is 53.2 Å². The van der Waals surface area contributed by atoms with Gasteiger partial charge in [0, 0.05) is 23.2 Å². The zero-order chi connectivity index (χ0) is 16.7. The van der Waals surface area contributed by atoms with Crippen LogP contribution in [-0.2, 0) is 6.42 Å². The number of halogens is 2. The number of carbonyl (C=O) groups excluding carboxylic acids is 1. The van der Waals surface area contributed by atoms with Gasteiger partial charge in [-0.2, -0.15) is 0 Å². The van der Waals surface area contributed by atoms with E-state index in [9.17, 15) is 13.6 Å². The quantitative estimate of drug-likeness (QED) is 0.786. The van der Waals surface area contributed by atoms with Crippen LogP contribution in [0.15, 0.2) is 42.5 Å². The molecule has 1 aliphatic heterocycles. The molecule has 1 atom stereocenters. The standard InChI is InChI=1S/C20H19F2NO/c21-14-9-10-17(18(22)12-14)19-11-13-5-1-4-8-16(13)20(24)23(19)15-6-2-3-7-15/h1,4-5,8-10,12,15,19H,2-3,6-7,11H2. The third-order valence-corrected chi connectivity index (χ3v) is 5.27. The minimum atomic E-state index is -0.591. The summed E-state index contributed by atoms with van der Waals surface area (Å²) in [5.41, 5.74) is 2.06. The molecular weight excluding hydrogens is 308 g/mol. The van der Waals surface area contributed by atoms with Crippen molar-refractivity contribution < 1.29 is 13.6 Å². The van der Waals surface area contributed by atoms with Crippen LogP contribution in [0.5, 0.6) is 0 Å². The van der Waals surface area contributed by atoms with Crippen molar-refractivity contribution in [2.24, 2.45) is 0 Å². The highest BCUT2D eigenvalue weighted by Gasteiger charge is 2.39. The van der Waals surface area contributed by atoms with E-state index in [1.165, 1.54) is 12.1 Å². The normalized spacial score (nSPS) is 21.2. The number of benzene rings is 2. The summed E-state index contributed by atoms with van der Waals surface area (Å²) in [5.74, 6) is -1.20. The summed E-state index contributed by atoms with van der Waals surface area (Å²) in [6.07, 6.45) is 4.66. The summed E-state index contributed by atoms with van der Waals surface area (Å²) in [6.45, 7) is 0. The molecule has 4 heteroatoms. The molecule has 0 saturated heterocycles. The van der Waals surface area contributed by atoms with Crippen molar-refractivity contribution in [1.29, 1.82) is 0 Å². The third-order valence-electron chi connectivity index (χ3n) is 5.27. The van der Waals surface area contributed by atoms with Crippen LogP contribution in [-0.4, -0.2) is 16.8 Å². The Morgan fingerprint density at radius 3 is 2.50 bits per heavy atom. The Labute approximate surface area is 140 Å². The predicted molar refractivity (Wildman–Crippen MR) is 87.7 cm³/mol. The van der Waals surface area contributed by atoms with E-state index in [1.54, 1.807) is 0 Å². The molecule has 0 spiro atoms. The van der Waals surface area contributed by atoms with Crippen molar-refractivity contribution in [3.8, 4) is 0 Å². The highest BCUT2D eigenvalue weighted by molar-refractivity contribution is 5.97. The van der Waals surface area contributed by atoms with E-state index in [2.05, 4.69) is 0 Å². The molecule has 1 saturated carbocycles. The monoisotopic (exact) mass is 327 g/mol. The molecule has 1 amide bonds. The molecule has 2 aromatic rings. The first-order valence-electron chi connectivity index (χ1n) is 8.50. The average molecular weight is 327 g/mol. The lowest BCUT2D eigenvalue weighted by Crippen LogP contribution is -2.46. The van der Waals surface area contributed by atoms with Gasteiger partial charge in [-0.3, -0.25) is 4.79 Å². The molecule has 2 aliphatic rings. The molecule has 1 unspecified atom stereocenters. The van der Waals surface area contributed by atoms with Gasteiger partial charge in [-0.05, 0) is 37.0 Å². The first-order chi connectivity index (χ1) is 11.6. The highest BCUT2D eigenvalue weighted by atomic mass is 19.1. The van der Waals surface area contributed by atoms with E-state index in [4.69, 9.17) is 0 Å². The van der Waals surface area contributed by atoms with Crippen LogP contribution in [0.2, 0.25) is 0 Å². The molecule has 4 rings (SSSR count). The lowest BCUT2D eigenvalue weighted by Gasteiger charge is -2.41. The second kappa shape index (κ2) is 6.00. The minimum Gasteiger partial charge on any atom is -0.328 e. The van der Waals surface area contributed by atoms with Gasteiger partial charge in [-0.1, -0.05) is 37.1 Å². The van der Waals surface area contributed by atoms with Crippen LogP contribution < -0.4 is 0 Å². The van der Waals surface area contributed by atoms with Crippen LogP contribution >= 0.6 is 0 Å². The molecule has 1 aliphatic carbocycles. The van der Waals surface area contributed by atoms with E-state index in [0.717, 1.165) is 37.3 Å². The molecule has 124 valence electrons. The Morgan fingerprint density at radius 1 is 1.00 bits per heavy atom. The van der Waals surface area contributed by atoms with Crippen molar-refractivity contribution in [1.82, 2.24) is 4.90 Å². The summed E-state index contributed by atoms with van der Waals surface area (Å²) in [6, 6.07) is 11.0. The van der Waals surface area contributed by atoms with E-state index in [-0.39, 0.29) is 18.0 Å². The maximum Gasteiger partial charge on any atom is 0.254 e. The van der Waals surface area contributed by atoms with Crippen LogP contribution in [0.25, 0.3) is 0 Å². The van der Waals surface area contributed by atoms with Crippen LogP contribution in [0.4, 0.5) is 8.78 Å². The molecule has 2 aromatic carbocycles. The Morgan fingerprint density at radius 2 is 1.75 bits per heavy atom. The van der Waals surface area contributed by atoms with Gasteiger partial charge in [-0.25, -0.2) is 8.78 Å². The number of rotatable bonds is 2. The maximum atomic E-state index is 14.4. The highest BCUT2D eigenvalue weighted by Crippen LogP contribution is 2.39. The molecule has 0 aromatic heterocycles. The average Bonchev–Trinajstić information content (AvgIpc) is 3.09.